The van der Waals surface area contributed by atoms with Crippen LogP contribution in [0.15, 0.2) is 59.6 Å². The first-order valence-electron chi connectivity index (χ1n) is 8.59. The standard InChI is InChI=1S/C20H19BrN4O3S/c1-25-12-16(11-23-25)18-7-8-22-10-14(18)3-6-20(26)24-17-4-5-19(21)15(9-17)13-29(2,27)28/h3-12H,13H2,1-2H3,(H,24,26). The highest BCUT2D eigenvalue weighted by atomic mass is 79.9. The number of aryl methyl sites for hydroxylation is 1. The zero-order valence-electron chi connectivity index (χ0n) is 15.8. The number of rotatable bonds is 6. The molecule has 150 valence electrons. The number of hydrogen-bond donors (Lipinski definition) is 1. The summed E-state index contributed by atoms with van der Waals surface area (Å²) in [5, 5.41) is 6.92. The molecule has 0 saturated heterocycles. The molecule has 0 saturated carbocycles. The molecule has 1 aromatic carbocycles. The van der Waals surface area contributed by atoms with Crippen molar-refractivity contribution in [3.05, 3.63) is 70.7 Å². The maximum absolute atomic E-state index is 12.4. The summed E-state index contributed by atoms with van der Waals surface area (Å²) >= 11 is 3.34. The van der Waals surface area contributed by atoms with E-state index in [-0.39, 0.29) is 11.7 Å². The van der Waals surface area contributed by atoms with Crippen molar-refractivity contribution in [1.29, 1.82) is 0 Å². The van der Waals surface area contributed by atoms with E-state index in [2.05, 4.69) is 31.3 Å². The fraction of sp³-hybridized carbons (Fsp3) is 0.150. The van der Waals surface area contributed by atoms with Crippen LogP contribution in [0.4, 0.5) is 5.69 Å². The Hall–Kier alpha value is -2.78. The van der Waals surface area contributed by atoms with Crippen molar-refractivity contribution in [2.24, 2.45) is 7.05 Å². The molecular weight excluding hydrogens is 456 g/mol. The molecular formula is C20H19BrN4O3S. The van der Waals surface area contributed by atoms with Gasteiger partial charge in [-0.2, -0.15) is 5.10 Å². The van der Waals surface area contributed by atoms with Crippen molar-refractivity contribution in [3.8, 4) is 11.1 Å². The fourth-order valence-electron chi connectivity index (χ4n) is 2.76. The molecule has 0 bridgehead atoms. The number of aromatic nitrogens is 3. The molecule has 29 heavy (non-hydrogen) atoms. The second kappa shape index (κ2) is 8.71. The van der Waals surface area contributed by atoms with Crippen LogP contribution in [0.3, 0.4) is 0 Å². The van der Waals surface area contributed by atoms with Gasteiger partial charge in [-0.15, -0.1) is 0 Å². The minimum Gasteiger partial charge on any atom is -0.323 e. The first-order valence-corrected chi connectivity index (χ1v) is 11.4. The summed E-state index contributed by atoms with van der Waals surface area (Å²) in [6.07, 6.45) is 11.3. The Morgan fingerprint density at radius 3 is 2.76 bits per heavy atom. The number of hydrogen-bond acceptors (Lipinski definition) is 5. The Bertz CT molecular complexity index is 1190. The lowest BCUT2D eigenvalue weighted by Gasteiger charge is -2.08. The van der Waals surface area contributed by atoms with Gasteiger partial charge in [0.1, 0.15) is 0 Å². The zero-order chi connectivity index (χ0) is 21.0. The van der Waals surface area contributed by atoms with Gasteiger partial charge in [-0.25, -0.2) is 8.42 Å². The number of carbonyl (C=O) groups excluding carboxylic acids is 1. The van der Waals surface area contributed by atoms with Crippen LogP contribution in [0.5, 0.6) is 0 Å². The second-order valence-corrected chi connectivity index (χ2v) is 9.56. The van der Waals surface area contributed by atoms with Crippen molar-refractivity contribution in [2.75, 3.05) is 11.6 Å². The van der Waals surface area contributed by atoms with Crippen LogP contribution < -0.4 is 5.32 Å². The maximum atomic E-state index is 12.4. The second-order valence-electron chi connectivity index (χ2n) is 6.56. The van der Waals surface area contributed by atoms with Crippen LogP contribution in [0.2, 0.25) is 0 Å². The number of halogens is 1. The van der Waals surface area contributed by atoms with Crippen LogP contribution in [-0.2, 0) is 27.4 Å². The SMILES string of the molecule is Cn1cc(-c2ccncc2C=CC(=O)Nc2ccc(Br)c(CS(C)(=O)=O)c2)cn1. The average Bonchev–Trinajstić information content (AvgIpc) is 3.08. The summed E-state index contributed by atoms with van der Waals surface area (Å²) in [6, 6.07) is 6.91. The molecule has 9 heteroatoms. The quantitative estimate of drug-likeness (QED) is 0.552. The van der Waals surface area contributed by atoms with E-state index in [4.69, 9.17) is 0 Å². The highest BCUT2D eigenvalue weighted by Crippen LogP contribution is 2.24. The topological polar surface area (TPSA) is 94.0 Å². The van der Waals surface area contributed by atoms with Crippen LogP contribution in [0.1, 0.15) is 11.1 Å². The van der Waals surface area contributed by atoms with Gasteiger partial charge in [0, 0.05) is 59.3 Å². The Morgan fingerprint density at radius 1 is 1.28 bits per heavy atom. The molecule has 0 aliphatic carbocycles. The van der Waals surface area contributed by atoms with Crippen LogP contribution in [0.25, 0.3) is 17.2 Å². The fourth-order valence-corrected chi connectivity index (χ4v) is 4.13. The number of amides is 1. The molecule has 2 aromatic heterocycles. The van der Waals surface area contributed by atoms with Gasteiger partial charge >= 0.3 is 0 Å². The summed E-state index contributed by atoms with van der Waals surface area (Å²) in [4.78, 5) is 16.5. The molecule has 3 rings (SSSR count). The lowest BCUT2D eigenvalue weighted by Crippen LogP contribution is -2.09. The van der Waals surface area contributed by atoms with Gasteiger partial charge in [-0.05, 0) is 41.5 Å². The van der Waals surface area contributed by atoms with E-state index in [9.17, 15) is 13.2 Å². The van der Waals surface area contributed by atoms with Gasteiger partial charge in [0.2, 0.25) is 5.91 Å². The third kappa shape index (κ3) is 5.85. The molecule has 0 aliphatic rings. The highest BCUT2D eigenvalue weighted by Gasteiger charge is 2.10. The molecule has 2 heterocycles. The van der Waals surface area contributed by atoms with Crippen LogP contribution in [-0.4, -0.2) is 35.3 Å². The Morgan fingerprint density at radius 2 is 2.07 bits per heavy atom. The number of anilines is 1. The Labute approximate surface area is 177 Å². The number of sulfone groups is 1. The third-order valence-corrected chi connectivity index (χ3v) is 5.62. The van der Waals surface area contributed by atoms with E-state index in [0.717, 1.165) is 16.7 Å². The summed E-state index contributed by atoms with van der Waals surface area (Å²) in [7, 11) is -1.35. The zero-order valence-corrected chi connectivity index (χ0v) is 18.2. The predicted octanol–water partition coefficient (Wildman–Crippen LogP) is 3.44. The van der Waals surface area contributed by atoms with E-state index >= 15 is 0 Å². The molecule has 1 N–H and O–H groups in total. The Balaban J connectivity index is 1.77. The summed E-state index contributed by atoms with van der Waals surface area (Å²) in [5.74, 6) is -0.448. The molecule has 0 radical (unpaired) electrons. The van der Waals surface area contributed by atoms with Crippen molar-refractivity contribution in [1.82, 2.24) is 14.8 Å². The molecule has 0 fully saturated rings. The first-order chi connectivity index (χ1) is 13.7. The third-order valence-electron chi connectivity index (χ3n) is 4.01. The molecule has 0 aliphatic heterocycles. The highest BCUT2D eigenvalue weighted by molar-refractivity contribution is 9.10. The summed E-state index contributed by atoms with van der Waals surface area (Å²) in [5.41, 5.74) is 3.72. The van der Waals surface area contributed by atoms with Crippen LogP contribution in [0, 0.1) is 0 Å². The molecule has 0 atom stereocenters. The van der Waals surface area contributed by atoms with E-state index in [1.165, 1.54) is 12.3 Å². The molecule has 7 nitrogen and oxygen atoms in total. The van der Waals surface area contributed by atoms with E-state index in [1.54, 1.807) is 47.5 Å². The van der Waals surface area contributed by atoms with Gasteiger partial charge in [0.05, 0.1) is 11.9 Å². The Kier molecular flexibility index (Phi) is 6.29. The van der Waals surface area contributed by atoms with Crippen molar-refractivity contribution in [3.63, 3.8) is 0 Å². The predicted molar refractivity (Wildman–Crippen MR) is 117 cm³/mol. The number of benzene rings is 1. The number of pyridine rings is 1. The largest absolute Gasteiger partial charge is 0.323 e. The minimum atomic E-state index is -3.19. The monoisotopic (exact) mass is 474 g/mol. The van der Waals surface area contributed by atoms with E-state index < -0.39 is 9.84 Å². The minimum absolute atomic E-state index is 0.114. The normalized spacial score (nSPS) is 11.7. The van der Waals surface area contributed by atoms with Gasteiger partial charge in [0.25, 0.3) is 0 Å². The number of nitrogens with one attached hydrogen (secondary N) is 1. The van der Waals surface area contributed by atoms with Crippen molar-refractivity contribution < 1.29 is 13.2 Å². The number of carbonyl (C=O) groups is 1. The van der Waals surface area contributed by atoms with Gasteiger partial charge in [-0.3, -0.25) is 14.5 Å². The lowest BCUT2D eigenvalue weighted by atomic mass is 10.0. The smallest absolute Gasteiger partial charge is 0.248 e. The molecule has 3 aromatic rings. The average molecular weight is 475 g/mol. The summed E-state index contributed by atoms with van der Waals surface area (Å²) < 4.78 is 25.5. The van der Waals surface area contributed by atoms with Gasteiger partial charge in [0.15, 0.2) is 9.84 Å². The lowest BCUT2D eigenvalue weighted by molar-refractivity contribution is -0.111. The summed E-state index contributed by atoms with van der Waals surface area (Å²) in [6.45, 7) is 0. The van der Waals surface area contributed by atoms with Crippen molar-refractivity contribution in [2.45, 2.75) is 5.75 Å². The van der Waals surface area contributed by atoms with E-state index in [0.29, 0.717) is 15.7 Å². The first kappa shape index (κ1) is 20.9. The molecule has 0 unspecified atom stereocenters. The number of nitrogens with zero attached hydrogens (tertiary/aromatic N) is 3. The maximum Gasteiger partial charge on any atom is 0.248 e. The molecule has 1 amide bonds. The molecule has 0 spiro atoms. The van der Waals surface area contributed by atoms with Gasteiger partial charge in [-0.1, -0.05) is 15.9 Å². The van der Waals surface area contributed by atoms with Crippen LogP contribution >= 0.6 is 15.9 Å². The van der Waals surface area contributed by atoms with Crippen molar-refractivity contribution >= 4 is 43.4 Å². The van der Waals surface area contributed by atoms with Gasteiger partial charge < -0.3 is 5.32 Å². The van der Waals surface area contributed by atoms with E-state index in [1.807, 2.05) is 19.3 Å².